The van der Waals surface area contributed by atoms with Crippen molar-refractivity contribution >= 4 is 6.09 Å². The van der Waals surface area contributed by atoms with E-state index in [4.69, 9.17) is 18.9 Å². The molecule has 3 aliphatic rings. The van der Waals surface area contributed by atoms with Gasteiger partial charge >= 0.3 is 12.1 Å². The Labute approximate surface area is 142 Å². The summed E-state index contributed by atoms with van der Waals surface area (Å²) in [5.74, 6) is -1.17. The van der Waals surface area contributed by atoms with Crippen molar-refractivity contribution in [3.05, 3.63) is 35.9 Å². The van der Waals surface area contributed by atoms with Gasteiger partial charge in [0.05, 0.1) is 19.8 Å². The minimum Gasteiger partial charge on any atom is -0.445 e. The number of rotatable bonds is 5. The van der Waals surface area contributed by atoms with Crippen molar-refractivity contribution in [1.82, 2.24) is 5.32 Å². The maximum Gasteiger partial charge on any atom is 0.407 e. The number of amides is 1. The molecule has 6 nitrogen and oxygen atoms in total. The lowest BCUT2D eigenvalue weighted by atomic mass is 9.89. The molecule has 0 unspecified atom stereocenters. The molecule has 0 saturated carbocycles. The second kappa shape index (κ2) is 6.70. The number of fused-ring (bicyclic) bond motifs is 3. The van der Waals surface area contributed by atoms with Crippen LogP contribution in [0, 0.1) is 11.3 Å². The Morgan fingerprint density at radius 2 is 1.75 bits per heavy atom. The van der Waals surface area contributed by atoms with Crippen LogP contribution in [-0.4, -0.2) is 37.9 Å². The van der Waals surface area contributed by atoms with E-state index in [0.29, 0.717) is 19.8 Å². The highest BCUT2D eigenvalue weighted by atomic mass is 16.9. The molecule has 132 valence electrons. The predicted octanol–water partition coefficient (Wildman–Crippen LogP) is 2.67. The minimum atomic E-state index is -1.22. The van der Waals surface area contributed by atoms with Crippen molar-refractivity contribution in [2.75, 3.05) is 19.8 Å². The van der Waals surface area contributed by atoms with Crippen molar-refractivity contribution in [2.24, 2.45) is 11.3 Å². The zero-order valence-corrected chi connectivity index (χ0v) is 14.4. The van der Waals surface area contributed by atoms with Crippen LogP contribution in [0.5, 0.6) is 0 Å². The molecule has 1 amide bonds. The van der Waals surface area contributed by atoms with Crippen molar-refractivity contribution in [1.29, 1.82) is 0 Å². The van der Waals surface area contributed by atoms with Crippen molar-refractivity contribution in [2.45, 2.75) is 39.4 Å². The summed E-state index contributed by atoms with van der Waals surface area (Å²) in [6.45, 7) is 7.89. The molecule has 0 aromatic heterocycles. The van der Waals surface area contributed by atoms with Gasteiger partial charge in [-0.15, -0.1) is 0 Å². The average Bonchev–Trinajstić information content (AvgIpc) is 2.59. The molecule has 0 radical (unpaired) electrons. The number of alkyl carbamates (subject to hydrolysis) is 1. The van der Waals surface area contributed by atoms with Gasteiger partial charge in [-0.25, -0.2) is 4.79 Å². The molecule has 2 bridgehead atoms. The maximum atomic E-state index is 12.2. The van der Waals surface area contributed by atoms with E-state index in [1.807, 2.05) is 44.2 Å². The number of hydrogen-bond donors (Lipinski definition) is 1. The molecular weight excluding hydrogens is 310 g/mol. The number of carbonyl (C=O) groups is 1. The minimum absolute atomic E-state index is 0.0525. The Balaban J connectivity index is 1.61. The van der Waals surface area contributed by atoms with Gasteiger partial charge in [-0.1, -0.05) is 51.1 Å². The topological polar surface area (TPSA) is 66.0 Å². The fourth-order valence-corrected chi connectivity index (χ4v) is 2.90. The maximum absolute atomic E-state index is 12.2. The normalized spacial score (nSPS) is 30.2. The SMILES string of the molecule is CC(C)[C@H](NC(=O)OCc1ccccc1)C12OCC(C)(CO1)CO2. The summed E-state index contributed by atoms with van der Waals surface area (Å²) < 4.78 is 22.8. The molecule has 1 aromatic carbocycles. The number of nitrogens with one attached hydrogen (secondary N) is 1. The number of benzene rings is 1. The van der Waals surface area contributed by atoms with Gasteiger partial charge in [-0.05, 0) is 11.5 Å². The van der Waals surface area contributed by atoms with Crippen LogP contribution in [0.25, 0.3) is 0 Å². The fraction of sp³-hybridized carbons (Fsp3) is 0.611. The molecule has 3 fully saturated rings. The average molecular weight is 335 g/mol. The largest absolute Gasteiger partial charge is 0.445 e. The van der Waals surface area contributed by atoms with E-state index in [-0.39, 0.29) is 17.9 Å². The third kappa shape index (κ3) is 3.55. The first-order valence-electron chi connectivity index (χ1n) is 8.32. The van der Waals surface area contributed by atoms with E-state index in [9.17, 15) is 4.79 Å². The Bertz CT molecular complexity index is 550. The lowest BCUT2D eigenvalue weighted by Gasteiger charge is -2.53. The summed E-state index contributed by atoms with van der Waals surface area (Å²) in [7, 11) is 0. The zero-order valence-electron chi connectivity index (χ0n) is 14.4. The molecule has 0 aliphatic carbocycles. The monoisotopic (exact) mass is 335 g/mol. The first kappa shape index (κ1) is 17.2. The smallest absolute Gasteiger partial charge is 0.407 e. The Morgan fingerprint density at radius 3 is 2.29 bits per heavy atom. The molecule has 3 aliphatic heterocycles. The molecule has 1 aromatic rings. The second-order valence-corrected chi connectivity index (χ2v) is 7.21. The van der Waals surface area contributed by atoms with Crippen molar-refractivity contribution in [3.8, 4) is 0 Å². The van der Waals surface area contributed by atoms with E-state index in [1.54, 1.807) is 0 Å². The van der Waals surface area contributed by atoms with Gasteiger partial charge in [-0.2, -0.15) is 0 Å². The highest BCUT2D eigenvalue weighted by Crippen LogP contribution is 2.41. The second-order valence-electron chi connectivity index (χ2n) is 7.21. The zero-order chi connectivity index (χ0) is 17.2. The standard InChI is InChI=1S/C18H25NO5/c1-13(2)15(18-22-10-17(3,11-23-18)12-24-18)19-16(20)21-9-14-7-5-4-6-8-14/h4-8,13,15H,9-12H2,1-3H3,(H,19,20)/t15-,17?,18?/m0/s1. The number of carbonyl (C=O) groups excluding carboxylic acids is 1. The predicted molar refractivity (Wildman–Crippen MR) is 87.1 cm³/mol. The van der Waals surface area contributed by atoms with E-state index in [2.05, 4.69) is 12.2 Å². The highest BCUT2D eigenvalue weighted by molar-refractivity contribution is 5.67. The molecular formula is C18H25NO5. The quantitative estimate of drug-likeness (QED) is 0.896. The van der Waals surface area contributed by atoms with Crippen LogP contribution < -0.4 is 5.32 Å². The molecule has 24 heavy (non-hydrogen) atoms. The summed E-state index contributed by atoms with van der Waals surface area (Å²) >= 11 is 0. The first-order chi connectivity index (χ1) is 11.4. The van der Waals surface area contributed by atoms with Crippen LogP contribution in [0.2, 0.25) is 0 Å². The van der Waals surface area contributed by atoms with Crippen LogP contribution in [0.15, 0.2) is 30.3 Å². The summed E-state index contributed by atoms with van der Waals surface area (Å²) in [6.07, 6.45) is -0.512. The molecule has 6 heteroatoms. The van der Waals surface area contributed by atoms with Crippen molar-refractivity contribution in [3.63, 3.8) is 0 Å². The van der Waals surface area contributed by atoms with Crippen LogP contribution in [0.1, 0.15) is 26.3 Å². The molecule has 0 spiro atoms. The summed E-state index contributed by atoms with van der Waals surface area (Å²) in [5.41, 5.74) is 0.818. The first-order valence-corrected chi connectivity index (χ1v) is 8.32. The molecule has 3 heterocycles. The van der Waals surface area contributed by atoms with Crippen LogP contribution in [-0.2, 0) is 25.6 Å². The van der Waals surface area contributed by atoms with Crippen LogP contribution in [0.3, 0.4) is 0 Å². The summed E-state index contributed by atoms with van der Waals surface area (Å²) in [6, 6.07) is 9.09. The third-order valence-corrected chi connectivity index (χ3v) is 4.40. The van der Waals surface area contributed by atoms with Crippen LogP contribution >= 0.6 is 0 Å². The van der Waals surface area contributed by atoms with E-state index in [0.717, 1.165) is 5.56 Å². The lowest BCUT2D eigenvalue weighted by Crippen LogP contribution is -2.68. The van der Waals surface area contributed by atoms with Gasteiger partial charge in [0.1, 0.15) is 12.6 Å². The van der Waals surface area contributed by atoms with Gasteiger partial charge in [0.25, 0.3) is 0 Å². The molecule has 3 saturated heterocycles. The number of ether oxygens (including phenoxy) is 4. The number of hydrogen-bond acceptors (Lipinski definition) is 5. The highest BCUT2D eigenvalue weighted by Gasteiger charge is 2.56. The third-order valence-electron chi connectivity index (χ3n) is 4.40. The lowest BCUT2D eigenvalue weighted by molar-refractivity contribution is -0.476. The van der Waals surface area contributed by atoms with E-state index in [1.165, 1.54) is 0 Å². The fourth-order valence-electron chi connectivity index (χ4n) is 2.90. The van der Waals surface area contributed by atoms with E-state index >= 15 is 0 Å². The van der Waals surface area contributed by atoms with E-state index < -0.39 is 18.1 Å². The molecule has 1 atom stereocenters. The van der Waals surface area contributed by atoms with Gasteiger partial charge in [0.2, 0.25) is 0 Å². The Kier molecular flexibility index (Phi) is 4.80. The Morgan fingerprint density at radius 1 is 1.17 bits per heavy atom. The summed E-state index contributed by atoms with van der Waals surface area (Å²) in [4.78, 5) is 12.2. The van der Waals surface area contributed by atoms with Gasteiger partial charge in [-0.3, -0.25) is 0 Å². The molecule has 4 rings (SSSR count). The van der Waals surface area contributed by atoms with Crippen molar-refractivity contribution < 1.29 is 23.7 Å². The Hall–Kier alpha value is -1.63. The summed E-state index contributed by atoms with van der Waals surface area (Å²) in [5, 5.41) is 2.85. The molecule has 1 N–H and O–H groups in total. The van der Waals surface area contributed by atoms with Gasteiger partial charge in [0.15, 0.2) is 0 Å². The van der Waals surface area contributed by atoms with Gasteiger partial charge < -0.3 is 24.3 Å². The van der Waals surface area contributed by atoms with Gasteiger partial charge in [0, 0.05) is 5.41 Å². The van der Waals surface area contributed by atoms with Crippen LogP contribution in [0.4, 0.5) is 4.79 Å².